The molecule has 0 bridgehead atoms. The van der Waals surface area contributed by atoms with Gasteiger partial charge >= 0.3 is 0 Å². The van der Waals surface area contributed by atoms with Crippen molar-refractivity contribution in [2.45, 2.75) is 45.4 Å². The minimum atomic E-state index is -0.724. The van der Waals surface area contributed by atoms with Crippen LogP contribution in [0.25, 0.3) is 22.4 Å². The molecule has 0 amide bonds. The Labute approximate surface area is 259 Å². The fraction of sp³-hybridized carbons (Fsp3) is 0.333. The van der Waals surface area contributed by atoms with Crippen molar-refractivity contribution in [3.05, 3.63) is 83.8 Å². The molecule has 1 aliphatic rings. The molecule has 1 unspecified atom stereocenters. The number of aryl methyl sites for hydroxylation is 1. The zero-order chi connectivity index (χ0) is 31.2. The number of halogens is 2. The summed E-state index contributed by atoms with van der Waals surface area (Å²) < 4.78 is 54.4. The molecule has 1 fully saturated rings. The third-order valence-electron chi connectivity index (χ3n) is 7.43. The molecule has 4 heterocycles. The largest absolute Gasteiger partial charge is 0.493 e. The molecule has 6 rings (SSSR count). The molecule has 1 aliphatic heterocycles. The van der Waals surface area contributed by atoms with Gasteiger partial charge in [0.25, 0.3) is 0 Å². The van der Waals surface area contributed by atoms with Gasteiger partial charge in [-0.1, -0.05) is 18.2 Å². The molecule has 3 aromatic heterocycles. The van der Waals surface area contributed by atoms with Crippen LogP contribution in [0.5, 0.6) is 11.5 Å². The smallest absolute Gasteiger partial charge is 0.183 e. The van der Waals surface area contributed by atoms with Crippen LogP contribution in [0.1, 0.15) is 36.9 Å². The Morgan fingerprint density at radius 3 is 2.67 bits per heavy atom. The summed E-state index contributed by atoms with van der Waals surface area (Å²) in [5.41, 5.74) is 2.62. The molecular weight excluding hydrogens is 582 g/mol. The van der Waals surface area contributed by atoms with Gasteiger partial charge in [-0.3, -0.25) is 9.67 Å². The molecule has 0 aliphatic carbocycles. The predicted molar refractivity (Wildman–Crippen MR) is 165 cm³/mol. The lowest BCUT2D eigenvalue weighted by atomic mass is 10.1. The number of benzene rings is 2. The van der Waals surface area contributed by atoms with Crippen molar-refractivity contribution in [2.75, 3.05) is 32.2 Å². The highest BCUT2D eigenvalue weighted by atomic mass is 19.1. The highest BCUT2D eigenvalue weighted by Gasteiger charge is 2.20. The Morgan fingerprint density at radius 1 is 1.04 bits per heavy atom. The number of aromatic nitrogens is 5. The van der Waals surface area contributed by atoms with Crippen LogP contribution >= 0.6 is 0 Å². The van der Waals surface area contributed by atoms with Crippen molar-refractivity contribution < 1.29 is 27.7 Å². The molecule has 2 aromatic carbocycles. The standard InChI is InChI=1S/C33H34F2N6O4/c1-21-16-22(11-12-36-21)38-32-29(42-2)19-37-33(39-32)31-24-8-3-4-9-28(24)41(40-31)20-25-26(34)17-23(18-27(25)35)43-14-7-15-45-30-10-5-6-13-44-30/h3-4,8-9,11-12,16-19,30H,5-7,10,13-15,20H2,1-2H3,(H,36,37,38,39). The van der Waals surface area contributed by atoms with E-state index in [1.807, 2.05) is 43.3 Å². The quantitative estimate of drug-likeness (QED) is 0.156. The van der Waals surface area contributed by atoms with Gasteiger partial charge in [-0.25, -0.2) is 18.7 Å². The van der Waals surface area contributed by atoms with Crippen LogP contribution < -0.4 is 14.8 Å². The monoisotopic (exact) mass is 616 g/mol. The normalized spacial score (nSPS) is 14.9. The number of pyridine rings is 1. The summed E-state index contributed by atoms with van der Waals surface area (Å²) >= 11 is 0. The number of nitrogens with zero attached hydrogens (tertiary/aromatic N) is 5. The van der Waals surface area contributed by atoms with Gasteiger partial charge in [-0.2, -0.15) is 5.10 Å². The molecule has 12 heteroatoms. The average molecular weight is 617 g/mol. The van der Waals surface area contributed by atoms with Gasteiger partial charge in [-0.05, 0) is 44.4 Å². The van der Waals surface area contributed by atoms with E-state index in [-0.39, 0.29) is 30.8 Å². The van der Waals surface area contributed by atoms with Crippen LogP contribution in [0, 0.1) is 18.6 Å². The summed E-state index contributed by atoms with van der Waals surface area (Å²) in [4.78, 5) is 13.4. The van der Waals surface area contributed by atoms with Crippen molar-refractivity contribution in [3.8, 4) is 23.0 Å². The summed E-state index contributed by atoms with van der Waals surface area (Å²) in [5.74, 6) is -0.134. The highest BCUT2D eigenvalue weighted by Crippen LogP contribution is 2.32. The average Bonchev–Trinajstić information content (AvgIpc) is 3.41. The molecule has 1 atom stereocenters. The lowest BCUT2D eigenvalue weighted by Crippen LogP contribution is -2.23. The zero-order valence-corrected chi connectivity index (χ0v) is 25.1. The summed E-state index contributed by atoms with van der Waals surface area (Å²) in [6.07, 6.45) is 6.66. The molecule has 5 aromatic rings. The number of hydrogen-bond donors (Lipinski definition) is 1. The first-order chi connectivity index (χ1) is 22.0. The summed E-state index contributed by atoms with van der Waals surface area (Å²) in [6.45, 7) is 3.16. The van der Waals surface area contributed by atoms with Gasteiger partial charge in [0.2, 0.25) is 0 Å². The minimum Gasteiger partial charge on any atom is -0.493 e. The maximum absolute atomic E-state index is 15.3. The Balaban J connectivity index is 1.20. The van der Waals surface area contributed by atoms with Crippen molar-refractivity contribution in [3.63, 3.8) is 0 Å². The van der Waals surface area contributed by atoms with E-state index in [1.165, 1.54) is 19.2 Å². The van der Waals surface area contributed by atoms with Crippen LogP contribution in [-0.2, 0) is 16.0 Å². The maximum atomic E-state index is 15.3. The SMILES string of the molecule is COc1cnc(-c2nn(Cc3c(F)cc(OCCCOC4CCCCO4)cc3F)c3ccccc23)nc1Nc1ccnc(C)c1. The topological polar surface area (TPSA) is 105 Å². The molecule has 10 nitrogen and oxygen atoms in total. The molecule has 0 saturated carbocycles. The number of fused-ring (bicyclic) bond motifs is 1. The van der Waals surface area contributed by atoms with E-state index in [2.05, 4.69) is 15.3 Å². The van der Waals surface area contributed by atoms with E-state index >= 15 is 8.78 Å². The van der Waals surface area contributed by atoms with Gasteiger partial charge in [0, 0.05) is 53.7 Å². The number of methoxy groups -OCH3 is 1. The fourth-order valence-corrected chi connectivity index (χ4v) is 5.17. The number of nitrogens with one attached hydrogen (secondary N) is 1. The van der Waals surface area contributed by atoms with Gasteiger partial charge in [-0.15, -0.1) is 0 Å². The van der Waals surface area contributed by atoms with Gasteiger partial charge in [0.15, 0.2) is 23.7 Å². The highest BCUT2D eigenvalue weighted by molar-refractivity contribution is 5.92. The Hall–Kier alpha value is -4.68. The maximum Gasteiger partial charge on any atom is 0.183 e. The van der Waals surface area contributed by atoms with Crippen molar-refractivity contribution in [1.29, 1.82) is 0 Å². The first-order valence-corrected chi connectivity index (χ1v) is 14.9. The van der Waals surface area contributed by atoms with Gasteiger partial charge < -0.3 is 24.3 Å². The molecule has 1 saturated heterocycles. The van der Waals surface area contributed by atoms with E-state index in [1.54, 1.807) is 17.1 Å². The molecule has 0 radical (unpaired) electrons. The van der Waals surface area contributed by atoms with Crippen molar-refractivity contribution in [1.82, 2.24) is 24.7 Å². The van der Waals surface area contributed by atoms with E-state index in [0.717, 1.165) is 36.0 Å². The van der Waals surface area contributed by atoms with Crippen molar-refractivity contribution >= 4 is 22.4 Å². The second-order valence-electron chi connectivity index (χ2n) is 10.7. The number of anilines is 2. The van der Waals surface area contributed by atoms with Gasteiger partial charge in [0.05, 0.1) is 38.6 Å². The van der Waals surface area contributed by atoms with E-state index < -0.39 is 11.6 Å². The van der Waals surface area contributed by atoms with Crippen LogP contribution in [0.4, 0.5) is 20.3 Å². The zero-order valence-electron chi connectivity index (χ0n) is 25.1. The predicted octanol–water partition coefficient (Wildman–Crippen LogP) is 6.59. The second-order valence-corrected chi connectivity index (χ2v) is 10.7. The van der Waals surface area contributed by atoms with Gasteiger partial charge in [0.1, 0.15) is 23.1 Å². The summed E-state index contributed by atoms with van der Waals surface area (Å²) in [6, 6.07) is 13.5. The van der Waals surface area contributed by atoms with E-state index in [4.69, 9.17) is 29.0 Å². The lowest BCUT2D eigenvalue weighted by molar-refractivity contribution is -0.163. The summed E-state index contributed by atoms with van der Waals surface area (Å²) in [7, 11) is 1.53. The second kappa shape index (κ2) is 14.0. The molecule has 45 heavy (non-hydrogen) atoms. The minimum absolute atomic E-state index is 0.115. The Morgan fingerprint density at radius 2 is 1.89 bits per heavy atom. The summed E-state index contributed by atoms with van der Waals surface area (Å²) in [5, 5.41) is 8.69. The molecule has 1 N–H and O–H groups in total. The number of ether oxygens (including phenoxy) is 4. The molecular formula is C33H34F2N6O4. The third-order valence-corrected chi connectivity index (χ3v) is 7.43. The van der Waals surface area contributed by atoms with Crippen LogP contribution in [0.2, 0.25) is 0 Å². The van der Waals surface area contributed by atoms with E-state index in [9.17, 15) is 0 Å². The Kier molecular flexibility index (Phi) is 9.41. The Bertz CT molecular complexity index is 1750. The van der Waals surface area contributed by atoms with Crippen molar-refractivity contribution in [2.24, 2.45) is 0 Å². The van der Waals surface area contributed by atoms with Crippen LogP contribution in [0.15, 0.2) is 60.9 Å². The van der Waals surface area contributed by atoms with E-state index in [0.29, 0.717) is 48.2 Å². The first kappa shape index (κ1) is 30.4. The number of para-hydroxylation sites is 1. The number of rotatable bonds is 12. The third kappa shape index (κ3) is 7.18. The molecule has 234 valence electrons. The number of hydrogen-bond acceptors (Lipinski definition) is 9. The lowest BCUT2D eigenvalue weighted by Gasteiger charge is -2.22. The first-order valence-electron chi connectivity index (χ1n) is 14.9. The fourth-order valence-electron chi connectivity index (χ4n) is 5.17. The molecule has 0 spiro atoms. The van der Waals surface area contributed by atoms with Crippen LogP contribution in [0.3, 0.4) is 0 Å². The van der Waals surface area contributed by atoms with Crippen LogP contribution in [-0.4, -0.2) is 58.0 Å².